The number of carbonyl (C=O) groups excluding carboxylic acids is 1. The molecule has 1 saturated heterocycles. The lowest BCUT2D eigenvalue weighted by molar-refractivity contribution is 0.00578. The first-order chi connectivity index (χ1) is 12.6. The van der Waals surface area contributed by atoms with Crippen LogP contribution in [0.1, 0.15) is 49.2 Å². The summed E-state index contributed by atoms with van der Waals surface area (Å²) >= 11 is 1.71. The third-order valence-electron chi connectivity index (χ3n) is 5.29. The minimum atomic E-state index is -0.629. The minimum absolute atomic E-state index is 0.171. The first kappa shape index (κ1) is 20.1. The van der Waals surface area contributed by atoms with Crippen LogP contribution in [0, 0.1) is 5.82 Å². The van der Waals surface area contributed by atoms with Crippen LogP contribution in [-0.4, -0.2) is 30.4 Å². The average Bonchev–Trinajstić information content (AvgIpc) is 2.83. The quantitative estimate of drug-likeness (QED) is 0.570. The lowest BCUT2D eigenvalue weighted by Crippen LogP contribution is -2.41. The second-order valence-corrected chi connectivity index (χ2v) is 8.64. The highest BCUT2D eigenvalue weighted by molar-refractivity contribution is 7.97. The normalized spacial score (nSPS) is 17.9. The molecule has 0 bridgehead atoms. The summed E-state index contributed by atoms with van der Waals surface area (Å²) in [4.78, 5) is 13.1. The SMILES string of the molecule is CSCc1ccc(C(=O)c2ccc(F)cc2)c(B2OC(C)(C)C(C)(C)O2)c1. The summed E-state index contributed by atoms with van der Waals surface area (Å²) in [5.41, 5.74) is 1.78. The summed E-state index contributed by atoms with van der Waals surface area (Å²) in [5, 5.41) is 0. The fourth-order valence-corrected chi connectivity index (χ4v) is 3.51. The van der Waals surface area contributed by atoms with E-state index in [9.17, 15) is 9.18 Å². The molecule has 6 heteroatoms. The number of hydrogen-bond donors (Lipinski definition) is 0. The maximum atomic E-state index is 13.2. The molecule has 3 nitrogen and oxygen atoms in total. The van der Waals surface area contributed by atoms with Gasteiger partial charge in [0.05, 0.1) is 11.2 Å². The molecular weight excluding hydrogens is 362 g/mol. The lowest BCUT2D eigenvalue weighted by atomic mass is 9.73. The molecule has 27 heavy (non-hydrogen) atoms. The van der Waals surface area contributed by atoms with Gasteiger partial charge >= 0.3 is 7.12 Å². The van der Waals surface area contributed by atoms with Crippen LogP contribution >= 0.6 is 11.8 Å². The van der Waals surface area contributed by atoms with Crippen LogP contribution in [0.4, 0.5) is 4.39 Å². The fraction of sp³-hybridized carbons (Fsp3) is 0.381. The molecule has 0 radical (unpaired) electrons. The number of thioether (sulfide) groups is 1. The molecule has 142 valence electrons. The second kappa shape index (κ2) is 7.42. The summed E-state index contributed by atoms with van der Waals surface area (Å²) < 4.78 is 25.6. The van der Waals surface area contributed by atoms with Crippen molar-refractivity contribution >= 4 is 30.1 Å². The highest BCUT2D eigenvalue weighted by Gasteiger charge is 2.52. The first-order valence-corrected chi connectivity index (χ1v) is 10.3. The van der Waals surface area contributed by atoms with E-state index >= 15 is 0 Å². The van der Waals surface area contributed by atoms with Crippen molar-refractivity contribution in [2.24, 2.45) is 0 Å². The van der Waals surface area contributed by atoms with Crippen molar-refractivity contribution in [2.75, 3.05) is 6.26 Å². The van der Waals surface area contributed by atoms with Gasteiger partial charge in [0.2, 0.25) is 0 Å². The molecule has 1 aliphatic heterocycles. The van der Waals surface area contributed by atoms with Crippen LogP contribution < -0.4 is 5.46 Å². The molecule has 0 atom stereocenters. The van der Waals surface area contributed by atoms with Crippen LogP contribution in [0.5, 0.6) is 0 Å². The van der Waals surface area contributed by atoms with Gasteiger partial charge in [0.1, 0.15) is 5.82 Å². The van der Waals surface area contributed by atoms with Gasteiger partial charge in [0, 0.05) is 16.9 Å². The van der Waals surface area contributed by atoms with E-state index in [0.29, 0.717) is 11.1 Å². The summed E-state index contributed by atoms with van der Waals surface area (Å²) in [5.74, 6) is 0.292. The van der Waals surface area contributed by atoms with E-state index in [0.717, 1.165) is 16.8 Å². The van der Waals surface area contributed by atoms with E-state index in [4.69, 9.17) is 9.31 Å². The van der Waals surface area contributed by atoms with E-state index in [-0.39, 0.29) is 11.6 Å². The molecular formula is C21H24BFO3S. The smallest absolute Gasteiger partial charge is 0.399 e. The van der Waals surface area contributed by atoms with Crippen LogP contribution in [0.25, 0.3) is 0 Å². The molecule has 0 aromatic heterocycles. The van der Waals surface area contributed by atoms with E-state index in [1.165, 1.54) is 24.3 Å². The number of carbonyl (C=O) groups is 1. The van der Waals surface area contributed by atoms with Gasteiger partial charge in [-0.15, -0.1) is 0 Å². The molecule has 0 aliphatic carbocycles. The van der Waals surface area contributed by atoms with Crippen LogP contribution in [-0.2, 0) is 15.1 Å². The summed E-state index contributed by atoms with van der Waals surface area (Å²) in [7, 11) is -0.629. The fourth-order valence-electron chi connectivity index (χ4n) is 3.00. The third kappa shape index (κ3) is 3.98. The zero-order chi connectivity index (χ0) is 19.8. The summed E-state index contributed by atoms with van der Waals surface area (Å²) in [6.07, 6.45) is 2.03. The Bertz CT molecular complexity index is 833. The topological polar surface area (TPSA) is 35.5 Å². The first-order valence-electron chi connectivity index (χ1n) is 8.92. The lowest BCUT2D eigenvalue weighted by Gasteiger charge is -2.32. The van der Waals surface area contributed by atoms with Crippen LogP contribution in [0.15, 0.2) is 42.5 Å². The van der Waals surface area contributed by atoms with Gasteiger partial charge in [-0.3, -0.25) is 4.79 Å². The third-order valence-corrected chi connectivity index (χ3v) is 5.91. The monoisotopic (exact) mass is 386 g/mol. The van der Waals surface area contributed by atoms with E-state index in [2.05, 4.69) is 0 Å². The van der Waals surface area contributed by atoms with Gasteiger partial charge < -0.3 is 9.31 Å². The standard InChI is InChI=1S/C21H24BFO3S/c1-20(2)21(3,4)26-22(25-20)18-12-14(13-27-5)6-11-17(18)19(24)15-7-9-16(23)10-8-15/h6-12H,13H2,1-5H3. The van der Waals surface area contributed by atoms with Crippen molar-refractivity contribution < 1.29 is 18.5 Å². The van der Waals surface area contributed by atoms with Crippen molar-refractivity contribution in [1.29, 1.82) is 0 Å². The minimum Gasteiger partial charge on any atom is -0.399 e. The number of rotatable bonds is 5. The van der Waals surface area contributed by atoms with Gasteiger partial charge in [0.25, 0.3) is 0 Å². The molecule has 1 aliphatic rings. The van der Waals surface area contributed by atoms with Gasteiger partial charge in [-0.2, -0.15) is 11.8 Å². The Morgan fingerprint density at radius 3 is 2.19 bits per heavy atom. The molecule has 0 unspecified atom stereocenters. The Kier molecular flexibility index (Phi) is 5.53. The molecule has 1 heterocycles. The predicted molar refractivity (Wildman–Crippen MR) is 109 cm³/mol. The maximum absolute atomic E-state index is 13.2. The number of benzene rings is 2. The molecule has 2 aromatic rings. The van der Waals surface area contributed by atoms with Gasteiger partial charge in [0.15, 0.2) is 5.78 Å². The van der Waals surface area contributed by atoms with Crippen molar-refractivity contribution in [1.82, 2.24) is 0 Å². The zero-order valence-electron chi connectivity index (χ0n) is 16.3. The Labute approximate surface area is 164 Å². The highest BCUT2D eigenvalue weighted by Crippen LogP contribution is 2.37. The Morgan fingerprint density at radius 1 is 1.04 bits per heavy atom. The molecule has 0 saturated carbocycles. The van der Waals surface area contributed by atoms with Crippen molar-refractivity contribution in [3.05, 3.63) is 65.0 Å². The average molecular weight is 386 g/mol. The molecule has 3 rings (SSSR count). The van der Waals surface area contributed by atoms with Crippen molar-refractivity contribution in [3.63, 3.8) is 0 Å². The van der Waals surface area contributed by atoms with Gasteiger partial charge in [-0.25, -0.2) is 4.39 Å². The summed E-state index contributed by atoms with van der Waals surface area (Å²) in [6.45, 7) is 7.95. The largest absolute Gasteiger partial charge is 0.495 e. The number of ketones is 1. The van der Waals surface area contributed by atoms with E-state index in [1.807, 2.05) is 52.1 Å². The van der Waals surface area contributed by atoms with Crippen LogP contribution in [0.2, 0.25) is 0 Å². The van der Waals surface area contributed by atoms with Gasteiger partial charge in [-0.05, 0) is 69.2 Å². The number of halogens is 1. The van der Waals surface area contributed by atoms with E-state index < -0.39 is 18.3 Å². The Morgan fingerprint density at radius 2 is 1.63 bits per heavy atom. The van der Waals surface area contributed by atoms with Gasteiger partial charge in [-0.1, -0.05) is 18.2 Å². The van der Waals surface area contributed by atoms with E-state index in [1.54, 1.807) is 11.8 Å². The number of hydrogen-bond acceptors (Lipinski definition) is 4. The zero-order valence-corrected chi connectivity index (χ0v) is 17.2. The van der Waals surface area contributed by atoms with Crippen molar-refractivity contribution in [2.45, 2.75) is 44.6 Å². The van der Waals surface area contributed by atoms with Crippen molar-refractivity contribution in [3.8, 4) is 0 Å². The molecule has 1 fully saturated rings. The molecule has 0 N–H and O–H groups in total. The van der Waals surface area contributed by atoms with Crippen LogP contribution in [0.3, 0.4) is 0 Å². The molecule has 0 amide bonds. The molecule has 2 aromatic carbocycles. The highest BCUT2D eigenvalue weighted by atomic mass is 32.2. The predicted octanol–water partition coefficient (Wildman–Crippen LogP) is 4.22. The maximum Gasteiger partial charge on any atom is 0.495 e. The second-order valence-electron chi connectivity index (χ2n) is 7.78. The summed E-state index contributed by atoms with van der Waals surface area (Å²) in [6, 6.07) is 11.3. The molecule has 0 spiro atoms. The Hall–Kier alpha value is -1.63. The Balaban J connectivity index is 2.04.